The normalized spacial score (nSPS) is 19.9. The molecule has 0 aliphatic heterocycles. The molecule has 1 aromatic heterocycles. The third kappa shape index (κ3) is 1.98. The van der Waals surface area contributed by atoms with Crippen LogP contribution in [0, 0.1) is 0 Å². The molecule has 2 rings (SSSR count). The maximum Gasteiger partial charge on any atom is 0.260 e. The van der Waals surface area contributed by atoms with Gasteiger partial charge in [-0.2, -0.15) is 9.40 Å². The molecule has 1 saturated carbocycles. The Morgan fingerprint density at radius 1 is 1.53 bits per heavy atom. The maximum atomic E-state index is 12.3. The van der Waals surface area contributed by atoms with Crippen molar-refractivity contribution in [3.63, 3.8) is 0 Å². The van der Waals surface area contributed by atoms with Gasteiger partial charge in [0.1, 0.15) is 0 Å². The minimum atomic E-state index is -3.51. The van der Waals surface area contributed by atoms with Crippen molar-refractivity contribution in [1.82, 2.24) is 14.5 Å². The smallest absolute Gasteiger partial charge is 0.260 e. The lowest BCUT2D eigenvalue weighted by atomic mass is 9.98. The molecule has 0 bridgehead atoms. The molecule has 0 spiro atoms. The summed E-state index contributed by atoms with van der Waals surface area (Å²) in [5, 5.41) is 6.31. The number of sulfonamides is 1. The SMILES string of the molecule is CN(C1(CN)CCCC1)S(=O)(=O)c1ccn[nH]1. The summed E-state index contributed by atoms with van der Waals surface area (Å²) in [6.45, 7) is 0.358. The maximum absolute atomic E-state index is 12.3. The Morgan fingerprint density at radius 3 is 2.65 bits per heavy atom. The van der Waals surface area contributed by atoms with Gasteiger partial charge in [-0.15, -0.1) is 0 Å². The zero-order chi connectivity index (χ0) is 12.5. The fraction of sp³-hybridized carbons (Fsp3) is 0.700. The lowest BCUT2D eigenvalue weighted by Crippen LogP contribution is -2.52. The van der Waals surface area contributed by atoms with E-state index in [9.17, 15) is 8.42 Å². The molecule has 1 aliphatic rings. The van der Waals surface area contributed by atoms with E-state index in [4.69, 9.17) is 5.73 Å². The molecule has 0 atom stereocenters. The molecule has 17 heavy (non-hydrogen) atoms. The van der Waals surface area contributed by atoms with Crippen LogP contribution >= 0.6 is 0 Å². The Balaban J connectivity index is 2.34. The van der Waals surface area contributed by atoms with Gasteiger partial charge in [0.25, 0.3) is 10.0 Å². The van der Waals surface area contributed by atoms with Crippen molar-refractivity contribution in [3.05, 3.63) is 12.3 Å². The van der Waals surface area contributed by atoms with Crippen LogP contribution in [-0.2, 0) is 10.0 Å². The highest BCUT2D eigenvalue weighted by Gasteiger charge is 2.43. The van der Waals surface area contributed by atoms with Gasteiger partial charge in [-0.1, -0.05) is 12.8 Å². The molecule has 0 aromatic carbocycles. The molecule has 6 nitrogen and oxygen atoms in total. The van der Waals surface area contributed by atoms with Crippen molar-refractivity contribution in [2.24, 2.45) is 5.73 Å². The van der Waals surface area contributed by atoms with E-state index in [1.54, 1.807) is 7.05 Å². The first-order valence-electron chi connectivity index (χ1n) is 5.71. The zero-order valence-electron chi connectivity index (χ0n) is 9.89. The van der Waals surface area contributed by atoms with Crippen molar-refractivity contribution >= 4 is 10.0 Å². The first-order chi connectivity index (χ1) is 8.03. The third-order valence-electron chi connectivity index (χ3n) is 3.70. The second-order valence-electron chi connectivity index (χ2n) is 4.53. The van der Waals surface area contributed by atoms with Crippen molar-refractivity contribution in [1.29, 1.82) is 0 Å². The number of rotatable bonds is 4. The number of nitrogens with one attached hydrogen (secondary N) is 1. The van der Waals surface area contributed by atoms with E-state index in [1.807, 2.05) is 0 Å². The fourth-order valence-corrected chi connectivity index (χ4v) is 3.93. The summed E-state index contributed by atoms with van der Waals surface area (Å²) in [4.78, 5) is 0. The molecule has 1 heterocycles. The molecule has 0 amide bonds. The second kappa shape index (κ2) is 4.40. The largest absolute Gasteiger partial charge is 0.329 e. The van der Waals surface area contributed by atoms with E-state index in [1.165, 1.54) is 16.6 Å². The molecule has 0 unspecified atom stereocenters. The van der Waals surface area contributed by atoms with E-state index < -0.39 is 15.6 Å². The lowest BCUT2D eigenvalue weighted by Gasteiger charge is -2.36. The van der Waals surface area contributed by atoms with E-state index >= 15 is 0 Å². The minimum absolute atomic E-state index is 0.125. The summed E-state index contributed by atoms with van der Waals surface area (Å²) in [5.41, 5.74) is 5.36. The number of likely N-dealkylation sites (N-methyl/N-ethyl adjacent to an activating group) is 1. The predicted octanol–water partition coefficient (Wildman–Crippen LogP) is 0.302. The summed E-state index contributed by atoms with van der Waals surface area (Å²) >= 11 is 0. The van der Waals surface area contributed by atoms with E-state index in [2.05, 4.69) is 10.2 Å². The average molecular weight is 258 g/mol. The number of hydrogen-bond acceptors (Lipinski definition) is 4. The number of aromatic amines is 1. The molecule has 3 N–H and O–H groups in total. The molecule has 0 saturated heterocycles. The fourth-order valence-electron chi connectivity index (χ4n) is 2.47. The predicted molar refractivity (Wildman–Crippen MR) is 63.8 cm³/mol. The average Bonchev–Trinajstić information content (AvgIpc) is 3.00. The number of nitrogens with zero attached hydrogens (tertiary/aromatic N) is 2. The molecular formula is C10H18N4O2S. The molecule has 1 aliphatic carbocycles. The highest BCUT2D eigenvalue weighted by Crippen LogP contribution is 2.36. The van der Waals surface area contributed by atoms with Gasteiger partial charge in [0.05, 0.1) is 6.20 Å². The quantitative estimate of drug-likeness (QED) is 0.812. The Kier molecular flexibility index (Phi) is 3.24. The first-order valence-corrected chi connectivity index (χ1v) is 7.15. The second-order valence-corrected chi connectivity index (χ2v) is 6.47. The van der Waals surface area contributed by atoms with Crippen molar-refractivity contribution < 1.29 is 8.42 Å². The van der Waals surface area contributed by atoms with Crippen LogP contribution in [0.1, 0.15) is 25.7 Å². The third-order valence-corrected chi connectivity index (χ3v) is 5.59. The van der Waals surface area contributed by atoms with Gasteiger partial charge >= 0.3 is 0 Å². The van der Waals surface area contributed by atoms with Gasteiger partial charge in [0.15, 0.2) is 5.03 Å². The van der Waals surface area contributed by atoms with Crippen LogP contribution in [0.4, 0.5) is 0 Å². The van der Waals surface area contributed by atoms with Crippen LogP contribution in [-0.4, -0.2) is 42.1 Å². The summed E-state index contributed by atoms with van der Waals surface area (Å²) in [7, 11) is -1.91. The van der Waals surface area contributed by atoms with Crippen LogP contribution < -0.4 is 5.73 Å². The van der Waals surface area contributed by atoms with Crippen molar-refractivity contribution in [2.75, 3.05) is 13.6 Å². The molecule has 1 aromatic rings. The van der Waals surface area contributed by atoms with Gasteiger partial charge in [-0.3, -0.25) is 5.10 Å². The summed E-state index contributed by atoms with van der Waals surface area (Å²) < 4.78 is 26.1. The standard InChI is InChI=1S/C10H18N4O2S/c1-14(10(8-11)5-2-3-6-10)17(15,16)9-4-7-12-13-9/h4,7H,2-3,5-6,8,11H2,1H3,(H,12,13). The minimum Gasteiger partial charge on any atom is -0.329 e. The topological polar surface area (TPSA) is 92.1 Å². The van der Waals surface area contributed by atoms with Gasteiger partial charge < -0.3 is 5.73 Å². The van der Waals surface area contributed by atoms with E-state index in [0.29, 0.717) is 6.54 Å². The number of nitrogens with two attached hydrogens (primary N) is 1. The summed E-state index contributed by atoms with van der Waals surface area (Å²) in [5.74, 6) is 0. The molecule has 7 heteroatoms. The summed E-state index contributed by atoms with van der Waals surface area (Å²) in [6.07, 6.45) is 5.14. The van der Waals surface area contributed by atoms with Gasteiger partial charge in [0.2, 0.25) is 0 Å². The van der Waals surface area contributed by atoms with Crippen LogP contribution in [0.15, 0.2) is 17.3 Å². The molecule has 0 radical (unpaired) electrons. The van der Waals surface area contributed by atoms with Gasteiger partial charge in [-0.05, 0) is 18.9 Å². The molecule has 96 valence electrons. The summed E-state index contributed by atoms with van der Waals surface area (Å²) in [6, 6.07) is 1.46. The number of H-pyrrole nitrogens is 1. The number of hydrogen-bond donors (Lipinski definition) is 2. The van der Waals surface area contributed by atoms with Gasteiger partial charge in [0, 0.05) is 19.1 Å². The van der Waals surface area contributed by atoms with Crippen LogP contribution in [0.3, 0.4) is 0 Å². The van der Waals surface area contributed by atoms with Gasteiger partial charge in [-0.25, -0.2) is 8.42 Å². The van der Waals surface area contributed by atoms with Crippen LogP contribution in [0.5, 0.6) is 0 Å². The van der Waals surface area contributed by atoms with Crippen LogP contribution in [0.2, 0.25) is 0 Å². The monoisotopic (exact) mass is 258 g/mol. The Hall–Kier alpha value is -0.920. The van der Waals surface area contributed by atoms with Crippen molar-refractivity contribution in [3.8, 4) is 0 Å². The number of aromatic nitrogens is 2. The highest BCUT2D eigenvalue weighted by atomic mass is 32.2. The lowest BCUT2D eigenvalue weighted by molar-refractivity contribution is 0.230. The Morgan fingerprint density at radius 2 is 2.18 bits per heavy atom. The molecular weight excluding hydrogens is 240 g/mol. The zero-order valence-corrected chi connectivity index (χ0v) is 10.7. The Labute approximate surface area is 101 Å². The van der Waals surface area contributed by atoms with Crippen molar-refractivity contribution in [2.45, 2.75) is 36.2 Å². The first kappa shape index (κ1) is 12.5. The van der Waals surface area contributed by atoms with Crippen LogP contribution in [0.25, 0.3) is 0 Å². The van der Waals surface area contributed by atoms with E-state index in [-0.39, 0.29) is 5.03 Å². The van der Waals surface area contributed by atoms with E-state index in [0.717, 1.165) is 25.7 Å². The Bertz CT molecular complexity index is 463. The molecule has 1 fully saturated rings. The highest BCUT2D eigenvalue weighted by molar-refractivity contribution is 7.89.